The van der Waals surface area contributed by atoms with Gasteiger partial charge in [-0.15, -0.1) is 0 Å². The molecule has 1 aliphatic rings. The standard InChI is InChI=1S/C29H28N4O6/c1-19-25(28(34)38-3)27(23-10-5-11-24(16-23)33(36)37)26(20(2)31-19)29(35)39-14-6-9-21-7-4-8-22(15-21)17-32-13-12-30-18-32/h4-13,15-16,18,25,27H,14,17H2,1-3H3. The van der Waals surface area contributed by atoms with E-state index in [9.17, 15) is 19.7 Å². The number of hydrogen-bond acceptors (Lipinski definition) is 8. The molecule has 2 heterocycles. The number of imidazole rings is 1. The van der Waals surface area contributed by atoms with Gasteiger partial charge in [0.15, 0.2) is 0 Å². The summed E-state index contributed by atoms with van der Waals surface area (Å²) in [5.41, 5.74) is 3.29. The van der Waals surface area contributed by atoms with E-state index < -0.39 is 28.7 Å². The van der Waals surface area contributed by atoms with E-state index in [1.165, 1.54) is 25.3 Å². The number of rotatable bonds is 9. The first-order chi connectivity index (χ1) is 18.8. The number of nitro benzene ring substituents is 1. The van der Waals surface area contributed by atoms with Crippen molar-refractivity contribution in [1.82, 2.24) is 9.55 Å². The van der Waals surface area contributed by atoms with E-state index >= 15 is 0 Å². The quantitative estimate of drug-likeness (QED) is 0.223. The van der Waals surface area contributed by atoms with E-state index in [-0.39, 0.29) is 17.9 Å². The molecule has 0 spiro atoms. The third-order valence-electron chi connectivity index (χ3n) is 6.44. The average molecular weight is 529 g/mol. The summed E-state index contributed by atoms with van der Waals surface area (Å²) in [6.07, 6.45) is 8.94. The highest BCUT2D eigenvalue weighted by atomic mass is 16.6. The van der Waals surface area contributed by atoms with Crippen molar-refractivity contribution in [3.05, 3.63) is 111 Å². The number of ether oxygens (including phenoxy) is 2. The first-order valence-electron chi connectivity index (χ1n) is 12.2. The van der Waals surface area contributed by atoms with Crippen molar-refractivity contribution in [2.75, 3.05) is 13.7 Å². The molecular formula is C29H28N4O6. The highest BCUT2D eigenvalue weighted by Crippen LogP contribution is 2.40. The zero-order chi connectivity index (χ0) is 27.9. The van der Waals surface area contributed by atoms with Crippen molar-refractivity contribution in [3.63, 3.8) is 0 Å². The maximum Gasteiger partial charge on any atom is 0.336 e. The largest absolute Gasteiger partial charge is 0.468 e. The number of carbonyl (C=O) groups excluding carboxylic acids is 2. The molecule has 10 heteroatoms. The molecule has 0 saturated carbocycles. The number of non-ortho nitro benzene ring substituents is 1. The van der Waals surface area contributed by atoms with Gasteiger partial charge in [-0.05, 0) is 42.7 Å². The molecule has 2 unspecified atom stereocenters. The predicted molar refractivity (Wildman–Crippen MR) is 145 cm³/mol. The lowest BCUT2D eigenvalue weighted by Gasteiger charge is -2.31. The van der Waals surface area contributed by atoms with Crippen LogP contribution >= 0.6 is 0 Å². The minimum atomic E-state index is -0.933. The maximum atomic E-state index is 13.3. The zero-order valence-electron chi connectivity index (χ0n) is 21.8. The van der Waals surface area contributed by atoms with Crippen LogP contribution in [0.1, 0.15) is 36.5 Å². The van der Waals surface area contributed by atoms with Crippen LogP contribution in [-0.4, -0.2) is 45.8 Å². The van der Waals surface area contributed by atoms with Crippen molar-refractivity contribution in [1.29, 1.82) is 0 Å². The zero-order valence-corrected chi connectivity index (χ0v) is 21.8. The lowest BCUT2D eigenvalue weighted by molar-refractivity contribution is -0.384. The van der Waals surface area contributed by atoms with Crippen LogP contribution in [0.3, 0.4) is 0 Å². The van der Waals surface area contributed by atoms with Crippen molar-refractivity contribution < 1.29 is 24.0 Å². The summed E-state index contributed by atoms with van der Waals surface area (Å²) in [6.45, 7) is 3.99. The van der Waals surface area contributed by atoms with E-state index in [0.717, 1.165) is 11.1 Å². The Hall–Kier alpha value is -4.86. The molecule has 0 radical (unpaired) electrons. The molecule has 0 fully saturated rings. The van der Waals surface area contributed by atoms with E-state index in [4.69, 9.17) is 9.47 Å². The molecule has 1 aliphatic heterocycles. The van der Waals surface area contributed by atoms with Crippen molar-refractivity contribution in [3.8, 4) is 0 Å². The molecule has 2 atom stereocenters. The second kappa shape index (κ2) is 12.1. The van der Waals surface area contributed by atoms with Crippen molar-refractivity contribution >= 4 is 29.4 Å². The van der Waals surface area contributed by atoms with Crippen molar-refractivity contribution in [2.24, 2.45) is 10.9 Å². The monoisotopic (exact) mass is 528 g/mol. The number of carbonyl (C=O) groups is 2. The van der Waals surface area contributed by atoms with Gasteiger partial charge in [-0.25, -0.2) is 9.78 Å². The Morgan fingerprint density at radius 2 is 1.95 bits per heavy atom. The number of benzene rings is 2. The van der Waals surface area contributed by atoms with Gasteiger partial charge in [0.05, 0.1) is 23.9 Å². The van der Waals surface area contributed by atoms with Gasteiger partial charge >= 0.3 is 11.9 Å². The molecule has 39 heavy (non-hydrogen) atoms. The number of nitrogens with zero attached hydrogens (tertiary/aromatic N) is 4. The van der Waals surface area contributed by atoms with Gasteiger partial charge in [0, 0.05) is 48.4 Å². The fourth-order valence-corrected chi connectivity index (χ4v) is 4.70. The van der Waals surface area contributed by atoms with Crippen LogP contribution in [0.2, 0.25) is 0 Å². The molecule has 0 aliphatic carbocycles. The number of hydrogen-bond donors (Lipinski definition) is 0. The first-order valence-corrected chi connectivity index (χ1v) is 12.2. The van der Waals surface area contributed by atoms with E-state index in [1.54, 1.807) is 38.5 Å². The Labute approximate surface area is 225 Å². The summed E-state index contributed by atoms with van der Waals surface area (Å²) in [7, 11) is 1.25. The lowest BCUT2D eigenvalue weighted by atomic mass is 9.75. The molecule has 4 rings (SSSR count). The third-order valence-corrected chi connectivity index (χ3v) is 6.44. The highest BCUT2D eigenvalue weighted by molar-refractivity contribution is 6.07. The molecule has 2 aromatic carbocycles. The topological polar surface area (TPSA) is 126 Å². The second-order valence-electron chi connectivity index (χ2n) is 9.06. The van der Waals surface area contributed by atoms with Gasteiger partial charge in [0.25, 0.3) is 5.69 Å². The van der Waals surface area contributed by atoms with Crippen LogP contribution in [0, 0.1) is 16.0 Å². The minimum absolute atomic E-state index is 0.0192. The smallest absolute Gasteiger partial charge is 0.336 e. The van der Waals surface area contributed by atoms with Gasteiger partial charge in [-0.2, -0.15) is 0 Å². The van der Waals surface area contributed by atoms with Gasteiger partial charge in [-0.1, -0.05) is 36.4 Å². The Morgan fingerprint density at radius 3 is 2.67 bits per heavy atom. The second-order valence-corrected chi connectivity index (χ2v) is 9.06. The number of nitro groups is 1. The summed E-state index contributed by atoms with van der Waals surface area (Å²) in [5, 5.41) is 11.4. The Bertz CT molecular complexity index is 1470. The van der Waals surface area contributed by atoms with Crippen LogP contribution in [0.15, 0.2) is 89.6 Å². The molecule has 10 nitrogen and oxygen atoms in total. The van der Waals surface area contributed by atoms with Crippen LogP contribution in [0.25, 0.3) is 6.08 Å². The van der Waals surface area contributed by atoms with Gasteiger partial charge in [-0.3, -0.25) is 19.9 Å². The van der Waals surface area contributed by atoms with Gasteiger partial charge < -0.3 is 14.0 Å². The summed E-state index contributed by atoms with van der Waals surface area (Å²) in [6, 6.07) is 13.8. The summed E-state index contributed by atoms with van der Waals surface area (Å²) >= 11 is 0. The number of aliphatic imine (C=N–C) groups is 1. The van der Waals surface area contributed by atoms with E-state index in [2.05, 4.69) is 9.98 Å². The molecule has 1 aromatic heterocycles. The van der Waals surface area contributed by atoms with Crippen LogP contribution in [0.5, 0.6) is 0 Å². The highest BCUT2D eigenvalue weighted by Gasteiger charge is 2.42. The summed E-state index contributed by atoms with van der Waals surface area (Å²) in [5.74, 6) is -3.04. The molecule has 0 N–H and O–H groups in total. The normalized spacial score (nSPS) is 17.2. The maximum absolute atomic E-state index is 13.3. The van der Waals surface area contributed by atoms with Crippen molar-refractivity contribution in [2.45, 2.75) is 26.3 Å². The number of allylic oxidation sites excluding steroid dienone is 1. The average Bonchev–Trinajstić information content (AvgIpc) is 3.43. The number of aromatic nitrogens is 2. The van der Waals surface area contributed by atoms with Crippen LogP contribution in [0.4, 0.5) is 5.69 Å². The fourth-order valence-electron chi connectivity index (χ4n) is 4.70. The van der Waals surface area contributed by atoms with E-state index in [0.29, 0.717) is 23.5 Å². The molecular weight excluding hydrogens is 500 g/mol. The Kier molecular flexibility index (Phi) is 8.45. The minimum Gasteiger partial charge on any atom is -0.468 e. The van der Waals surface area contributed by atoms with Crippen LogP contribution < -0.4 is 0 Å². The molecule has 0 bridgehead atoms. The molecule has 3 aromatic rings. The number of esters is 2. The Morgan fingerprint density at radius 1 is 1.15 bits per heavy atom. The molecule has 200 valence electrons. The Balaban J connectivity index is 1.54. The summed E-state index contributed by atoms with van der Waals surface area (Å²) in [4.78, 5) is 45.5. The fraction of sp³-hybridized carbons (Fsp3) is 0.241. The first kappa shape index (κ1) is 27.2. The lowest BCUT2D eigenvalue weighted by Crippen LogP contribution is -2.36. The summed E-state index contributed by atoms with van der Waals surface area (Å²) < 4.78 is 12.5. The van der Waals surface area contributed by atoms with Gasteiger partial charge in [0.1, 0.15) is 12.5 Å². The molecule has 0 amide bonds. The predicted octanol–water partition coefficient (Wildman–Crippen LogP) is 4.72. The third kappa shape index (κ3) is 6.35. The molecule has 0 saturated heterocycles. The van der Waals surface area contributed by atoms with E-state index in [1.807, 2.05) is 41.1 Å². The SMILES string of the molecule is COC(=O)C1C(C)=NC(C)=C(C(=O)OCC=Cc2cccc(Cn3ccnc3)c2)C1c1cccc([N+](=O)[O-])c1. The van der Waals surface area contributed by atoms with Crippen LogP contribution in [-0.2, 0) is 25.6 Å². The number of methoxy groups -OCH3 is 1. The van der Waals surface area contributed by atoms with Gasteiger partial charge in [0.2, 0.25) is 0 Å².